The topological polar surface area (TPSA) is 17.1 Å². The van der Waals surface area contributed by atoms with Crippen LogP contribution in [-0.2, 0) is 0 Å². The van der Waals surface area contributed by atoms with E-state index in [1.54, 1.807) is 6.08 Å². The average Bonchev–Trinajstić information content (AvgIpc) is 2.29. The molecule has 1 nitrogen and oxygen atoms in total. The standard InChI is InChI=1S/C14H16O/c1-3-12(2)8-7-11-14(15)13-9-5-4-6-10-13/h3-7,9-12H,1,8H2,2H3/b11-7-. The van der Waals surface area contributed by atoms with Crippen LogP contribution in [0.25, 0.3) is 0 Å². The van der Waals surface area contributed by atoms with Crippen LogP contribution in [0.3, 0.4) is 0 Å². The van der Waals surface area contributed by atoms with Gasteiger partial charge in [-0.05, 0) is 18.4 Å². The number of allylic oxidation sites excluding steroid dienone is 3. The van der Waals surface area contributed by atoms with Crippen LogP contribution < -0.4 is 0 Å². The van der Waals surface area contributed by atoms with Crippen LogP contribution in [0.15, 0.2) is 55.1 Å². The summed E-state index contributed by atoms with van der Waals surface area (Å²) in [6.45, 7) is 5.77. The number of hydrogen-bond donors (Lipinski definition) is 0. The predicted octanol–water partition coefficient (Wildman–Crippen LogP) is 3.64. The van der Waals surface area contributed by atoms with Gasteiger partial charge in [0.05, 0.1) is 0 Å². The van der Waals surface area contributed by atoms with E-state index in [0.717, 1.165) is 12.0 Å². The Labute approximate surface area is 91.1 Å². The molecule has 15 heavy (non-hydrogen) atoms. The van der Waals surface area contributed by atoms with Crippen LogP contribution in [0.4, 0.5) is 0 Å². The van der Waals surface area contributed by atoms with Gasteiger partial charge in [-0.25, -0.2) is 0 Å². The fourth-order valence-electron chi connectivity index (χ4n) is 1.18. The van der Waals surface area contributed by atoms with E-state index < -0.39 is 0 Å². The minimum atomic E-state index is 0.0619. The Morgan fingerprint density at radius 3 is 2.67 bits per heavy atom. The molecule has 1 heteroatoms. The van der Waals surface area contributed by atoms with E-state index in [9.17, 15) is 4.79 Å². The SMILES string of the molecule is C=CC(C)C/C=C\C(=O)c1ccccc1. The predicted molar refractivity (Wildman–Crippen MR) is 63.9 cm³/mol. The summed E-state index contributed by atoms with van der Waals surface area (Å²) in [6.07, 6.45) is 6.29. The average molecular weight is 200 g/mol. The van der Waals surface area contributed by atoms with E-state index in [0.29, 0.717) is 5.92 Å². The van der Waals surface area contributed by atoms with Gasteiger partial charge in [-0.15, -0.1) is 6.58 Å². The lowest BCUT2D eigenvalue weighted by molar-refractivity contribution is 0.104. The van der Waals surface area contributed by atoms with E-state index >= 15 is 0 Å². The van der Waals surface area contributed by atoms with Crippen LogP contribution in [0.1, 0.15) is 23.7 Å². The van der Waals surface area contributed by atoms with E-state index in [1.807, 2.05) is 42.5 Å². The van der Waals surface area contributed by atoms with Crippen LogP contribution >= 0.6 is 0 Å². The maximum Gasteiger partial charge on any atom is 0.185 e. The molecule has 1 atom stereocenters. The van der Waals surface area contributed by atoms with Crippen molar-refractivity contribution in [2.75, 3.05) is 0 Å². The third-order valence-electron chi connectivity index (χ3n) is 2.24. The highest BCUT2D eigenvalue weighted by molar-refractivity contribution is 6.04. The number of rotatable bonds is 5. The Morgan fingerprint density at radius 1 is 1.40 bits per heavy atom. The molecule has 1 unspecified atom stereocenters. The second kappa shape index (κ2) is 5.97. The minimum absolute atomic E-state index is 0.0619. The molecular formula is C14H16O. The molecule has 0 bridgehead atoms. The maximum absolute atomic E-state index is 11.6. The molecule has 0 radical (unpaired) electrons. The van der Waals surface area contributed by atoms with Gasteiger partial charge in [-0.3, -0.25) is 4.79 Å². The van der Waals surface area contributed by atoms with Gasteiger partial charge in [-0.2, -0.15) is 0 Å². The van der Waals surface area contributed by atoms with E-state index in [1.165, 1.54) is 0 Å². The molecule has 0 heterocycles. The Balaban J connectivity index is 2.53. The van der Waals surface area contributed by atoms with Crippen LogP contribution in [0, 0.1) is 5.92 Å². The molecule has 1 aromatic carbocycles. The van der Waals surface area contributed by atoms with E-state index in [2.05, 4.69) is 13.5 Å². The van der Waals surface area contributed by atoms with Gasteiger partial charge in [0.1, 0.15) is 0 Å². The summed E-state index contributed by atoms with van der Waals surface area (Å²) in [5.74, 6) is 0.483. The molecule has 0 saturated carbocycles. The van der Waals surface area contributed by atoms with E-state index in [4.69, 9.17) is 0 Å². The van der Waals surface area contributed by atoms with Crippen molar-refractivity contribution in [1.29, 1.82) is 0 Å². The highest BCUT2D eigenvalue weighted by Gasteiger charge is 1.99. The largest absolute Gasteiger partial charge is 0.289 e. The zero-order valence-electron chi connectivity index (χ0n) is 9.02. The number of ketones is 1. The van der Waals surface area contributed by atoms with Gasteiger partial charge in [0.2, 0.25) is 0 Å². The van der Waals surface area contributed by atoms with Gasteiger partial charge >= 0.3 is 0 Å². The molecule has 0 aromatic heterocycles. The molecule has 1 aromatic rings. The van der Waals surface area contributed by atoms with Gasteiger partial charge < -0.3 is 0 Å². The molecule has 0 aliphatic carbocycles. The zero-order chi connectivity index (χ0) is 11.1. The second-order valence-electron chi connectivity index (χ2n) is 3.58. The quantitative estimate of drug-likeness (QED) is 0.403. The van der Waals surface area contributed by atoms with E-state index in [-0.39, 0.29) is 5.78 Å². The molecular weight excluding hydrogens is 184 g/mol. The highest BCUT2D eigenvalue weighted by Crippen LogP contribution is 2.05. The first kappa shape index (κ1) is 11.4. The molecule has 0 fully saturated rings. The van der Waals surface area contributed by atoms with Crippen LogP contribution in [-0.4, -0.2) is 5.78 Å². The van der Waals surface area contributed by atoms with Gasteiger partial charge in [0.25, 0.3) is 0 Å². The second-order valence-corrected chi connectivity index (χ2v) is 3.58. The van der Waals surface area contributed by atoms with Crippen molar-refractivity contribution in [3.63, 3.8) is 0 Å². The summed E-state index contributed by atoms with van der Waals surface area (Å²) in [7, 11) is 0. The Morgan fingerprint density at radius 2 is 2.07 bits per heavy atom. The molecule has 78 valence electrons. The Hall–Kier alpha value is -1.63. The van der Waals surface area contributed by atoms with Crippen molar-refractivity contribution < 1.29 is 4.79 Å². The molecule has 0 amide bonds. The number of benzene rings is 1. The smallest absolute Gasteiger partial charge is 0.185 e. The third-order valence-corrected chi connectivity index (χ3v) is 2.24. The summed E-state index contributed by atoms with van der Waals surface area (Å²) < 4.78 is 0. The summed E-state index contributed by atoms with van der Waals surface area (Å²) in [6, 6.07) is 9.29. The normalized spacial score (nSPS) is 12.6. The maximum atomic E-state index is 11.6. The number of hydrogen-bond acceptors (Lipinski definition) is 1. The first-order chi connectivity index (χ1) is 7.24. The lowest BCUT2D eigenvalue weighted by Gasteiger charge is -1.98. The van der Waals surface area contributed by atoms with Crippen molar-refractivity contribution in [2.45, 2.75) is 13.3 Å². The first-order valence-corrected chi connectivity index (χ1v) is 5.12. The van der Waals surface area contributed by atoms with Crippen molar-refractivity contribution in [3.05, 3.63) is 60.7 Å². The van der Waals surface area contributed by atoms with Gasteiger partial charge in [-0.1, -0.05) is 49.4 Å². The first-order valence-electron chi connectivity index (χ1n) is 5.12. The Kier molecular flexibility index (Phi) is 4.55. The summed E-state index contributed by atoms with van der Waals surface area (Å²) in [4.78, 5) is 11.6. The van der Waals surface area contributed by atoms with Gasteiger partial charge in [0.15, 0.2) is 5.78 Å². The molecule has 1 rings (SSSR count). The fourth-order valence-corrected chi connectivity index (χ4v) is 1.18. The summed E-state index contributed by atoms with van der Waals surface area (Å²) in [5.41, 5.74) is 0.736. The number of carbonyl (C=O) groups excluding carboxylic acids is 1. The summed E-state index contributed by atoms with van der Waals surface area (Å²) >= 11 is 0. The van der Waals surface area contributed by atoms with Crippen molar-refractivity contribution >= 4 is 5.78 Å². The van der Waals surface area contributed by atoms with Crippen LogP contribution in [0.5, 0.6) is 0 Å². The highest BCUT2D eigenvalue weighted by atomic mass is 16.1. The van der Waals surface area contributed by atoms with Crippen molar-refractivity contribution in [2.24, 2.45) is 5.92 Å². The number of carbonyl (C=O) groups is 1. The lowest BCUT2D eigenvalue weighted by Crippen LogP contribution is -1.93. The minimum Gasteiger partial charge on any atom is -0.289 e. The van der Waals surface area contributed by atoms with Crippen molar-refractivity contribution in [3.8, 4) is 0 Å². The zero-order valence-corrected chi connectivity index (χ0v) is 9.02. The fraction of sp³-hybridized carbons (Fsp3) is 0.214. The monoisotopic (exact) mass is 200 g/mol. The molecule has 0 aliphatic heterocycles. The molecule has 0 aliphatic rings. The van der Waals surface area contributed by atoms with Crippen molar-refractivity contribution in [1.82, 2.24) is 0 Å². The molecule has 0 N–H and O–H groups in total. The molecule has 0 saturated heterocycles. The lowest BCUT2D eigenvalue weighted by atomic mass is 10.1. The Bertz CT molecular complexity index is 349. The van der Waals surface area contributed by atoms with Crippen LogP contribution in [0.2, 0.25) is 0 Å². The third kappa shape index (κ3) is 3.94. The van der Waals surface area contributed by atoms with Gasteiger partial charge in [0, 0.05) is 5.56 Å². The summed E-state index contributed by atoms with van der Waals surface area (Å²) in [5, 5.41) is 0. The molecule has 0 spiro atoms.